The van der Waals surface area contributed by atoms with Gasteiger partial charge in [-0.1, -0.05) is 44.9 Å². The van der Waals surface area contributed by atoms with E-state index in [2.05, 4.69) is 24.3 Å². The zero-order valence-electron chi connectivity index (χ0n) is 12.9. The number of hydrogen-bond acceptors (Lipinski definition) is 1. The minimum absolute atomic E-state index is 0. The van der Waals surface area contributed by atoms with Crippen molar-refractivity contribution >= 4 is 0 Å². The third kappa shape index (κ3) is 12.6. The van der Waals surface area contributed by atoms with Crippen molar-refractivity contribution in [3.8, 4) is 0 Å². The van der Waals surface area contributed by atoms with Crippen LogP contribution in [0.4, 0.5) is 0 Å². The Bertz CT molecular complexity index is 347. The summed E-state index contributed by atoms with van der Waals surface area (Å²) in [7, 11) is 0. The SMILES string of the molecule is OCCCCCCCCCc1ccc[cH-]1.[Fe+2].c1cc[cH-]c1. The van der Waals surface area contributed by atoms with Gasteiger partial charge in [0.25, 0.3) is 0 Å². The first-order valence-corrected chi connectivity index (χ1v) is 7.91. The van der Waals surface area contributed by atoms with Crippen LogP contribution >= 0.6 is 0 Å². The van der Waals surface area contributed by atoms with Gasteiger partial charge in [-0.15, -0.1) is 0 Å². The van der Waals surface area contributed by atoms with E-state index in [1.807, 2.05) is 30.3 Å². The summed E-state index contributed by atoms with van der Waals surface area (Å²) in [6.07, 6.45) is 10.1. The Morgan fingerprint density at radius 2 is 1.38 bits per heavy atom. The van der Waals surface area contributed by atoms with Crippen LogP contribution < -0.4 is 0 Å². The van der Waals surface area contributed by atoms with Gasteiger partial charge in [0.1, 0.15) is 0 Å². The van der Waals surface area contributed by atoms with Gasteiger partial charge in [-0.25, -0.2) is 24.3 Å². The van der Waals surface area contributed by atoms with Crippen LogP contribution in [-0.4, -0.2) is 11.7 Å². The number of aliphatic hydroxyl groups excluding tert-OH is 1. The molecule has 2 heteroatoms. The summed E-state index contributed by atoms with van der Waals surface area (Å²) < 4.78 is 0. The Labute approximate surface area is 140 Å². The van der Waals surface area contributed by atoms with Gasteiger partial charge in [0, 0.05) is 6.61 Å². The molecular formula is C19H28FeO. The standard InChI is InChI=1S/C14H23O.C5H5.Fe/c15-13-9-5-3-1-2-4-6-10-14-11-7-8-12-14;1-2-4-5-3-1;/h7-8,11-12,15H,1-6,9-10,13H2;1-5H;/q2*-1;+2. The Morgan fingerprint density at radius 3 is 1.86 bits per heavy atom. The van der Waals surface area contributed by atoms with Crippen LogP contribution in [0.3, 0.4) is 0 Å². The van der Waals surface area contributed by atoms with Crippen molar-refractivity contribution < 1.29 is 22.2 Å². The third-order valence-electron chi connectivity index (χ3n) is 3.41. The molecule has 0 spiro atoms. The molecule has 2 aromatic rings. The molecule has 0 bridgehead atoms. The second kappa shape index (κ2) is 15.6. The topological polar surface area (TPSA) is 20.2 Å². The number of rotatable bonds is 9. The van der Waals surface area contributed by atoms with Crippen LogP contribution in [0.25, 0.3) is 0 Å². The Hall–Kier alpha value is -0.821. The quantitative estimate of drug-likeness (QED) is 0.387. The summed E-state index contributed by atoms with van der Waals surface area (Å²) in [5.74, 6) is 0. The van der Waals surface area contributed by atoms with Crippen molar-refractivity contribution in [1.29, 1.82) is 0 Å². The van der Waals surface area contributed by atoms with Gasteiger partial charge in [-0.05, 0) is 6.42 Å². The molecule has 0 heterocycles. The molecule has 21 heavy (non-hydrogen) atoms. The Kier molecular flexibility index (Phi) is 15.0. The molecule has 0 unspecified atom stereocenters. The van der Waals surface area contributed by atoms with Gasteiger partial charge >= 0.3 is 17.1 Å². The van der Waals surface area contributed by atoms with Gasteiger partial charge in [-0.3, -0.25) is 0 Å². The number of aliphatic hydroxyl groups is 1. The summed E-state index contributed by atoms with van der Waals surface area (Å²) in [5, 5.41) is 8.61. The van der Waals surface area contributed by atoms with E-state index in [4.69, 9.17) is 5.11 Å². The first kappa shape index (κ1) is 20.2. The van der Waals surface area contributed by atoms with E-state index in [-0.39, 0.29) is 17.1 Å². The van der Waals surface area contributed by atoms with E-state index in [0.717, 1.165) is 6.42 Å². The number of hydrogen-bond donors (Lipinski definition) is 1. The van der Waals surface area contributed by atoms with Crippen LogP contribution in [0.5, 0.6) is 0 Å². The van der Waals surface area contributed by atoms with E-state index in [1.165, 1.54) is 50.5 Å². The van der Waals surface area contributed by atoms with Crippen LogP contribution in [0.1, 0.15) is 50.5 Å². The Morgan fingerprint density at radius 1 is 0.762 bits per heavy atom. The van der Waals surface area contributed by atoms with Crippen molar-refractivity contribution in [1.82, 2.24) is 0 Å². The summed E-state index contributed by atoms with van der Waals surface area (Å²) in [4.78, 5) is 0. The van der Waals surface area contributed by atoms with Crippen LogP contribution in [0.15, 0.2) is 54.6 Å². The largest absolute Gasteiger partial charge is 2.00 e. The van der Waals surface area contributed by atoms with Crippen molar-refractivity contribution in [2.75, 3.05) is 6.61 Å². The maximum atomic E-state index is 8.61. The average Bonchev–Trinajstić information content (AvgIpc) is 3.17. The minimum Gasteiger partial charge on any atom is -0.396 e. The molecule has 2 aromatic carbocycles. The van der Waals surface area contributed by atoms with E-state index in [9.17, 15) is 0 Å². The van der Waals surface area contributed by atoms with Crippen LogP contribution in [-0.2, 0) is 23.5 Å². The number of aryl methyl sites for hydroxylation is 1. The first-order valence-electron chi connectivity index (χ1n) is 7.91. The molecule has 0 fully saturated rings. The molecule has 0 atom stereocenters. The van der Waals surface area contributed by atoms with Gasteiger partial charge in [0.05, 0.1) is 0 Å². The molecule has 0 aromatic heterocycles. The molecule has 0 radical (unpaired) electrons. The van der Waals surface area contributed by atoms with Gasteiger partial charge < -0.3 is 5.11 Å². The molecule has 2 rings (SSSR count). The van der Waals surface area contributed by atoms with E-state index in [1.54, 1.807) is 0 Å². The fraction of sp³-hybridized carbons (Fsp3) is 0.474. The molecule has 0 saturated carbocycles. The van der Waals surface area contributed by atoms with Crippen LogP contribution in [0.2, 0.25) is 0 Å². The predicted octanol–water partition coefficient (Wildman–Crippen LogP) is 5.07. The monoisotopic (exact) mass is 328 g/mol. The number of unbranched alkanes of at least 4 members (excludes halogenated alkanes) is 6. The predicted molar refractivity (Wildman–Crippen MR) is 87.2 cm³/mol. The van der Waals surface area contributed by atoms with E-state index >= 15 is 0 Å². The molecular weight excluding hydrogens is 300 g/mol. The van der Waals surface area contributed by atoms with Gasteiger partial charge in [-0.2, -0.15) is 35.9 Å². The van der Waals surface area contributed by atoms with Crippen molar-refractivity contribution in [2.45, 2.75) is 51.4 Å². The third-order valence-corrected chi connectivity index (χ3v) is 3.41. The zero-order chi connectivity index (χ0) is 14.3. The Balaban J connectivity index is 0.000000562. The van der Waals surface area contributed by atoms with Crippen LogP contribution in [0, 0.1) is 0 Å². The smallest absolute Gasteiger partial charge is 0.396 e. The molecule has 1 nitrogen and oxygen atoms in total. The summed E-state index contributed by atoms with van der Waals surface area (Å²) in [6.45, 7) is 0.358. The molecule has 1 N–H and O–H groups in total. The fourth-order valence-corrected chi connectivity index (χ4v) is 2.23. The molecule has 0 aliphatic rings. The van der Waals surface area contributed by atoms with Crippen molar-refractivity contribution in [2.24, 2.45) is 0 Å². The summed E-state index contributed by atoms with van der Waals surface area (Å²) in [6, 6.07) is 18.6. The molecule has 0 saturated heterocycles. The maximum absolute atomic E-state index is 8.61. The fourth-order valence-electron chi connectivity index (χ4n) is 2.23. The normalized spacial score (nSPS) is 9.57. The van der Waals surface area contributed by atoms with Crippen molar-refractivity contribution in [3.05, 3.63) is 60.2 Å². The van der Waals surface area contributed by atoms with E-state index in [0.29, 0.717) is 6.61 Å². The minimum atomic E-state index is 0. The molecule has 118 valence electrons. The zero-order valence-corrected chi connectivity index (χ0v) is 14.0. The molecule has 0 aliphatic heterocycles. The summed E-state index contributed by atoms with van der Waals surface area (Å²) >= 11 is 0. The first-order chi connectivity index (χ1) is 9.93. The average molecular weight is 328 g/mol. The second-order valence-electron chi connectivity index (χ2n) is 5.20. The van der Waals surface area contributed by atoms with Gasteiger partial charge in [0.15, 0.2) is 0 Å². The van der Waals surface area contributed by atoms with Crippen molar-refractivity contribution in [3.63, 3.8) is 0 Å². The van der Waals surface area contributed by atoms with Gasteiger partial charge in [0.2, 0.25) is 0 Å². The summed E-state index contributed by atoms with van der Waals surface area (Å²) in [5.41, 5.74) is 1.48. The molecule has 0 amide bonds. The molecule has 0 aliphatic carbocycles. The second-order valence-corrected chi connectivity index (χ2v) is 5.20. The van der Waals surface area contributed by atoms with E-state index < -0.39 is 0 Å². The maximum Gasteiger partial charge on any atom is 2.00 e.